The lowest BCUT2D eigenvalue weighted by molar-refractivity contribution is 0.589. The van der Waals surface area contributed by atoms with Crippen LogP contribution in [0.4, 0.5) is 0 Å². The van der Waals surface area contributed by atoms with Gasteiger partial charge in [0.05, 0.1) is 4.90 Å². The molecule has 0 saturated heterocycles. The van der Waals surface area contributed by atoms with Crippen LogP contribution in [0.3, 0.4) is 0 Å². The molecular formula is C10H13Cl4N3OP2S. The summed E-state index contributed by atoms with van der Waals surface area (Å²) < 4.78 is 24.5. The Labute approximate surface area is 144 Å². The number of hydrogen-bond acceptors (Lipinski definition) is 3. The molecule has 0 spiro atoms. The van der Waals surface area contributed by atoms with Crippen LogP contribution >= 0.6 is 56.8 Å². The second-order valence-electron chi connectivity index (χ2n) is 5.44. The Morgan fingerprint density at radius 3 is 1.95 bits per heavy atom. The fourth-order valence-corrected chi connectivity index (χ4v) is 15.1. The third-order valence-corrected chi connectivity index (χ3v) is 13.3. The van der Waals surface area contributed by atoms with E-state index in [4.69, 9.17) is 45.0 Å². The number of benzene rings is 1. The Morgan fingerprint density at radius 2 is 1.52 bits per heavy atom. The molecule has 1 unspecified atom stereocenters. The highest BCUT2D eigenvalue weighted by molar-refractivity contribution is 8.23. The molecule has 1 aliphatic rings. The molecule has 0 aliphatic carbocycles. The van der Waals surface area contributed by atoms with E-state index >= 15 is 0 Å². The predicted octanol–water partition coefficient (Wildman–Crippen LogP) is 7.59. The van der Waals surface area contributed by atoms with Crippen LogP contribution in [0.25, 0.3) is 0 Å². The number of hydrogen-bond donors (Lipinski definition) is 0. The molecule has 0 radical (unpaired) electrons. The third kappa shape index (κ3) is 4.41. The fourth-order valence-electron chi connectivity index (χ4n) is 1.67. The second-order valence-corrected chi connectivity index (χ2v) is 17.4. The van der Waals surface area contributed by atoms with E-state index in [1.165, 1.54) is 0 Å². The standard InChI is InChI=1S/C10H13Cl4N3OP2S/c1-10(2,3)8-4-6-9(7-5-8)21(18)16-19(11,12)15-20(13,14)17-21/h4-7H,1-3H3. The first-order valence-corrected chi connectivity index (χ1v) is 14.3. The van der Waals surface area contributed by atoms with Crippen molar-refractivity contribution in [3.8, 4) is 0 Å². The van der Waals surface area contributed by atoms with Gasteiger partial charge in [-0.05, 0) is 68.1 Å². The summed E-state index contributed by atoms with van der Waals surface area (Å²) in [6, 6.07) is 7.10. The molecule has 21 heavy (non-hydrogen) atoms. The molecule has 2 rings (SSSR count). The van der Waals surface area contributed by atoms with E-state index in [9.17, 15) is 4.21 Å². The van der Waals surface area contributed by atoms with Crippen LogP contribution in [0.1, 0.15) is 26.3 Å². The normalized spacial score (nSPS) is 27.2. The van der Waals surface area contributed by atoms with E-state index in [1.807, 2.05) is 12.1 Å². The van der Waals surface area contributed by atoms with Crippen molar-refractivity contribution in [1.82, 2.24) is 0 Å². The second kappa shape index (κ2) is 5.70. The molecule has 0 fully saturated rings. The van der Waals surface area contributed by atoms with Crippen molar-refractivity contribution in [3.63, 3.8) is 0 Å². The summed E-state index contributed by atoms with van der Waals surface area (Å²) in [5.41, 5.74) is 1.07. The zero-order valence-electron chi connectivity index (χ0n) is 11.4. The summed E-state index contributed by atoms with van der Waals surface area (Å²) in [6.07, 6.45) is 0. The minimum atomic E-state index is -3.22. The van der Waals surface area contributed by atoms with Gasteiger partial charge >= 0.3 is 0 Å². The van der Waals surface area contributed by atoms with Gasteiger partial charge in [0.1, 0.15) is 0 Å². The Hall–Kier alpha value is 0.790. The maximum absolute atomic E-state index is 12.9. The van der Waals surface area contributed by atoms with Crippen molar-refractivity contribution in [1.29, 1.82) is 0 Å². The first-order chi connectivity index (χ1) is 9.33. The largest absolute Gasteiger partial charge is 0.265 e. The highest BCUT2D eigenvalue weighted by atomic mass is 35.9. The van der Waals surface area contributed by atoms with E-state index in [0.29, 0.717) is 4.90 Å². The SMILES string of the molecule is CC(C)(C)c1ccc(S2(=O)=NP(Cl)(Cl)=NP(Cl)(Cl)=N2)cc1. The molecule has 1 aromatic rings. The summed E-state index contributed by atoms with van der Waals surface area (Å²) in [7, 11) is -3.22. The van der Waals surface area contributed by atoms with Crippen molar-refractivity contribution in [2.45, 2.75) is 31.1 Å². The lowest BCUT2D eigenvalue weighted by Crippen LogP contribution is -2.11. The molecule has 0 N–H and O–H groups in total. The van der Waals surface area contributed by atoms with Crippen LogP contribution < -0.4 is 0 Å². The van der Waals surface area contributed by atoms with Crippen molar-refractivity contribution in [3.05, 3.63) is 29.8 Å². The van der Waals surface area contributed by atoms with E-state index in [1.54, 1.807) is 12.1 Å². The first kappa shape index (κ1) is 18.1. The van der Waals surface area contributed by atoms with Crippen LogP contribution in [0.5, 0.6) is 0 Å². The zero-order chi connectivity index (χ0) is 16.1. The zero-order valence-corrected chi connectivity index (χ0v) is 17.0. The molecule has 1 aromatic carbocycles. The highest BCUT2D eigenvalue weighted by Gasteiger charge is 2.30. The fraction of sp³-hybridized carbons (Fsp3) is 0.400. The van der Waals surface area contributed by atoms with Gasteiger partial charge in [0.15, 0.2) is 9.92 Å². The van der Waals surface area contributed by atoms with Crippen molar-refractivity contribution >= 4 is 66.7 Å². The van der Waals surface area contributed by atoms with E-state index in [-0.39, 0.29) is 5.41 Å². The Morgan fingerprint density at radius 1 is 1.00 bits per heavy atom. The minimum Gasteiger partial charge on any atom is -0.220 e. The molecule has 0 aromatic heterocycles. The van der Waals surface area contributed by atoms with Gasteiger partial charge in [0.2, 0.25) is 0 Å². The van der Waals surface area contributed by atoms with Crippen LogP contribution in [0.2, 0.25) is 0 Å². The van der Waals surface area contributed by atoms with Crippen LogP contribution in [0, 0.1) is 0 Å². The van der Waals surface area contributed by atoms with Crippen molar-refractivity contribution in [2.75, 3.05) is 0 Å². The molecule has 0 amide bonds. The molecule has 1 aliphatic heterocycles. The van der Waals surface area contributed by atoms with Gasteiger partial charge in [0, 0.05) is 0 Å². The monoisotopic (exact) mass is 425 g/mol. The highest BCUT2D eigenvalue weighted by Crippen LogP contribution is 2.78. The molecular weight excluding hydrogens is 414 g/mol. The molecule has 1 heterocycles. The number of rotatable bonds is 1. The number of halogens is 4. The molecule has 118 valence electrons. The van der Waals surface area contributed by atoms with E-state index in [0.717, 1.165) is 5.56 Å². The van der Waals surface area contributed by atoms with Crippen LogP contribution in [0.15, 0.2) is 42.0 Å². The molecule has 4 nitrogen and oxygen atoms in total. The molecule has 0 saturated carbocycles. The lowest BCUT2D eigenvalue weighted by atomic mass is 9.87. The van der Waals surface area contributed by atoms with Crippen LogP contribution in [-0.4, -0.2) is 4.21 Å². The maximum atomic E-state index is 12.9. The summed E-state index contributed by atoms with van der Waals surface area (Å²) in [6.45, 7) is 6.24. The Bertz CT molecular complexity index is 787. The third-order valence-electron chi connectivity index (χ3n) is 2.66. The van der Waals surface area contributed by atoms with Crippen LogP contribution in [-0.2, 0) is 15.3 Å². The smallest absolute Gasteiger partial charge is 0.220 e. The van der Waals surface area contributed by atoms with Gasteiger partial charge in [-0.15, -0.1) is 8.28 Å². The van der Waals surface area contributed by atoms with E-state index in [2.05, 4.69) is 33.6 Å². The summed E-state index contributed by atoms with van der Waals surface area (Å²) in [5, 5.41) is 0. The van der Waals surface area contributed by atoms with Gasteiger partial charge in [-0.1, -0.05) is 32.9 Å². The van der Waals surface area contributed by atoms with Crippen molar-refractivity contribution < 1.29 is 4.21 Å². The molecule has 0 bridgehead atoms. The summed E-state index contributed by atoms with van der Waals surface area (Å²) in [4.78, 5) is 0.377. The molecule has 11 heteroatoms. The van der Waals surface area contributed by atoms with Gasteiger partial charge in [-0.2, -0.15) is 4.52 Å². The Kier molecular flexibility index (Phi) is 4.92. The maximum Gasteiger partial charge on any atom is 0.265 e. The van der Waals surface area contributed by atoms with Crippen molar-refractivity contribution in [2.24, 2.45) is 12.8 Å². The predicted molar refractivity (Wildman–Crippen MR) is 96.1 cm³/mol. The summed E-state index contributed by atoms with van der Waals surface area (Å²) in [5.74, 6) is -6.36. The van der Waals surface area contributed by atoms with Gasteiger partial charge in [0.25, 0.3) is 11.8 Å². The Balaban J connectivity index is 2.63. The lowest BCUT2D eigenvalue weighted by Gasteiger charge is -2.20. The van der Waals surface area contributed by atoms with Gasteiger partial charge < -0.3 is 0 Å². The number of nitrogens with zero attached hydrogens (tertiary/aromatic N) is 3. The van der Waals surface area contributed by atoms with Gasteiger partial charge in [-0.25, -0.2) is 4.21 Å². The topological polar surface area (TPSA) is 54.1 Å². The summed E-state index contributed by atoms with van der Waals surface area (Å²) >= 11 is 23.8. The first-order valence-electron chi connectivity index (χ1n) is 5.78. The average Bonchev–Trinajstić information content (AvgIpc) is 2.23. The quantitative estimate of drug-likeness (QED) is 0.426. The van der Waals surface area contributed by atoms with E-state index < -0.39 is 21.7 Å². The minimum absolute atomic E-state index is 0.0223. The van der Waals surface area contributed by atoms with Gasteiger partial charge in [-0.3, -0.25) is 0 Å². The average molecular weight is 427 g/mol. The molecule has 1 atom stereocenters.